The number of nitrogens with zero attached hydrogens (tertiary/aromatic N) is 1. The molecule has 0 amide bonds. The van der Waals surface area contributed by atoms with Gasteiger partial charge in [0.05, 0.1) is 0 Å². The van der Waals surface area contributed by atoms with E-state index in [2.05, 4.69) is 4.98 Å². The second kappa shape index (κ2) is 2.10. The summed E-state index contributed by atoms with van der Waals surface area (Å²) in [6.07, 6.45) is 3.19. The van der Waals surface area contributed by atoms with Gasteiger partial charge in [0.1, 0.15) is 0 Å². The molecule has 0 bridgehead atoms. The molecule has 1 aromatic heterocycles. The van der Waals surface area contributed by atoms with Crippen LogP contribution in [-0.4, -0.2) is 18.0 Å². The van der Waals surface area contributed by atoms with E-state index >= 15 is 0 Å². The summed E-state index contributed by atoms with van der Waals surface area (Å²) in [5.41, 5.74) is 0. The van der Waals surface area contributed by atoms with Crippen molar-refractivity contribution in [3.63, 3.8) is 0 Å². The molecule has 1 N–H and O–H groups in total. The fourth-order valence-corrected chi connectivity index (χ4v) is 1.02. The zero-order chi connectivity index (χ0) is 6.85. The van der Waals surface area contributed by atoms with Crippen LogP contribution in [0.5, 0.6) is 0 Å². The van der Waals surface area contributed by atoms with Crippen molar-refractivity contribution >= 4 is 10.3 Å². The molecule has 0 aliphatic carbocycles. The highest BCUT2D eigenvalue weighted by Gasteiger charge is 1.84. The SMILES string of the molecule is Cn1cc[nH]c1=S(=O)=O. The maximum atomic E-state index is 10.2. The summed E-state index contributed by atoms with van der Waals surface area (Å²) in [5.74, 6) is 0. The van der Waals surface area contributed by atoms with Crippen LogP contribution in [0.15, 0.2) is 12.4 Å². The number of imidazole rings is 1. The van der Waals surface area contributed by atoms with Gasteiger partial charge in [-0.05, 0) is 0 Å². The topological polar surface area (TPSA) is 54.9 Å². The summed E-state index contributed by atoms with van der Waals surface area (Å²) < 4.78 is 22.1. The lowest BCUT2D eigenvalue weighted by Gasteiger charge is -1.79. The molecule has 0 saturated carbocycles. The molecule has 50 valence electrons. The molecule has 0 unspecified atom stereocenters. The number of hydrogen-bond donors (Lipinski definition) is 1. The van der Waals surface area contributed by atoms with Gasteiger partial charge >= 0.3 is 0 Å². The average molecular weight is 146 g/mol. The van der Waals surface area contributed by atoms with Gasteiger partial charge in [0.15, 0.2) is 0 Å². The molecular formula is C4H6N2O2S. The van der Waals surface area contributed by atoms with Crippen LogP contribution >= 0.6 is 0 Å². The van der Waals surface area contributed by atoms with Crippen LogP contribution in [0.3, 0.4) is 0 Å². The summed E-state index contributed by atoms with van der Waals surface area (Å²) in [6, 6.07) is 0. The van der Waals surface area contributed by atoms with Gasteiger partial charge < -0.3 is 9.55 Å². The normalized spacial score (nSPS) is 9.44. The lowest BCUT2D eigenvalue weighted by Crippen LogP contribution is -1.85. The molecule has 0 aliphatic heterocycles. The molecule has 1 heterocycles. The van der Waals surface area contributed by atoms with Crippen LogP contribution in [0.25, 0.3) is 0 Å². The average Bonchev–Trinajstić information content (AvgIpc) is 2.13. The van der Waals surface area contributed by atoms with E-state index in [0.29, 0.717) is 0 Å². The standard InChI is InChI=1S/C4H6N2O2S/c1-6-3-2-5-4(6)9(7)8/h2-3,5H,1H3. The van der Waals surface area contributed by atoms with Gasteiger partial charge in [-0.1, -0.05) is 0 Å². The summed E-state index contributed by atoms with van der Waals surface area (Å²) in [4.78, 5) is 2.56. The minimum Gasteiger partial charge on any atom is -0.334 e. The number of nitrogens with one attached hydrogen (secondary N) is 1. The lowest BCUT2D eigenvalue weighted by molar-refractivity contribution is 0.621. The molecular weight excluding hydrogens is 140 g/mol. The maximum Gasteiger partial charge on any atom is 0.256 e. The Labute approximate surface area is 53.3 Å². The maximum absolute atomic E-state index is 10.2. The Balaban J connectivity index is 3.81. The fraction of sp³-hybridized carbons (Fsp3) is 0.250. The highest BCUT2D eigenvalue weighted by atomic mass is 32.2. The van der Waals surface area contributed by atoms with Gasteiger partial charge in [-0.2, -0.15) is 8.42 Å². The molecule has 4 nitrogen and oxygen atoms in total. The predicted molar refractivity (Wildman–Crippen MR) is 31.9 cm³/mol. The Bertz CT molecular complexity index is 348. The quantitative estimate of drug-likeness (QED) is 0.514. The Hall–Kier alpha value is -0.970. The van der Waals surface area contributed by atoms with Gasteiger partial charge in [-0.3, -0.25) is 0 Å². The summed E-state index contributed by atoms with van der Waals surface area (Å²) in [7, 11) is -0.498. The lowest BCUT2D eigenvalue weighted by atomic mass is 10.9. The molecule has 0 atom stereocenters. The third-order valence-electron chi connectivity index (χ3n) is 0.983. The van der Waals surface area contributed by atoms with E-state index in [9.17, 15) is 8.42 Å². The van der Waals surface area contributed by atoms with Gasteiger partial charge in [-0.15, -0.1) is 0 Å². The number of hydrogen-bond acceptors (Lipinski definition) is 2. The first-order valence-electron chi connectivity index (χ1n) is 2.34. The van der Waals surface area contributed by atoms with E-state index in [4.69, 9.17) is 0 Å². The Morgan fingerprint density at radius 3 is 2.56 bits per heavy atom. The van der Waals surface area contributed by atoms with Crippen molar-refractivity contribution in [3.8, 4) is 0 Å². The first kappa shape index (κ1) is 6.15. The van der Waals surface area contributed by atoms with E-state index in [1.165, 1.54) is 4.57 Å². The molecule has 0 aliphatic rings. The third kappa shape index (κ3) is 1.05. The summed E-state index contributed by atoms with van der Waals surface area (Å²) in [5, 5.41) is 0. The molecule has 0 saturated heterocycles. The van der Waals surface area contributed by atoms with Gasteiger partial charge in [0.25, 0.3) is 10.3 Å². The largest absolute Gasteiger partial charge is 0.334 e. The highest BCUT2D eigenvalue weighted by molar-refractivity contribution is 7.63. The Kier molecular flexibility index (Phi) is 1.44. The number of rotatable bonds is 0. The van der Waals surface area contributed by atoms with Crippen LogP contribution < -0.4 is 0 Å². The zero-order valence-corrected chi connectivity index (χ0v) is 5.64. The fourth-order valence-electron chi connectivity index (χ4n) is 0.556. The number of aromatic nitrogens is 2. The minimum absolute atomic E-state index is 0.190. The van der Waals surface area contributed by atoms with Gasteiger partial charge in [0, 0.05) is 19.4 Å². The smallest absolute Gasteiger partial charge is 0.256 e. The third-order valence-corrected chi connectivity index (χ3v) is 1.70. The Morgan fingerprint density at radius 2 is 2.33 bits per heavy atom. The summed E-state index contributed by atoms with van der Waals surface area (Å²) >= 11 is 0. The second-order valence-corrected chi connectivity index (χ2v) is 2.47. The van der Waals surface area contributed by atoms with Crippen LogP contribution in [0.4, 0.5) is 0 Å². The van der Waals surface area contributed by atoms with Crippen LogP contribution in [0.1, 0.15) is 0 Å². The van der Waals surface area contributed by atoms with Crippen molar-refractivity contribution in [2.75, 3.05) is 0 Å². The molecule has 0 radical (unpaired) electrons. The monoisotopic (exact) mass is 146 g/mol. The van der Waals surface area contributed by atoms with Crippen LogP contribution in [-0.2, 0) is 17.3 Å². The first-order valence-corrected chi connectivity index (χ1v) is 3.41. The molecule has 0 spiro atoms. The number of H-pyrrole nitrogens is 1. The van der Waals surface area contributed by atoms with Crippen LogP contribution in [0, 0.1) is 4.77 Å². The van der Waals surface area contributed by atoms with E-state index in [-0.39, 0.29) is 4.77 Å². The van der Waals surface area contributed by atoms with Gasteiger partial charge in [0.2, 0.25) is 4.77 Å². The molecule has 5 heteroatoms. The highest BCUT2D eigenvalue weighted by Crippen LogP contribution is 1.80. The number of aromatic amines is 1. The summed E-state index contributed by atoms with van der Waals surface area (Å²) in [6.45, 7) is 0. The molecule has 1 aromatic rings. The molecule has 0 aromatic carbocycles. The second-order valence-electron chi connectivity index (χ2n) is 1.61. The molecule has 0 fully saturated rings. The van der Waals surface area contributed by atoms with Crippen molar-refractivity contribution in [1.29, 1.82) is 0 Å². The van der Waals surface area contributed by atoms with Crippen molar-refractivity contribution in [3.05, 3.63) is 17.2 Å². The minimum atomic E-state index is -2.15. The van der Waals surface area contributed by atoms with E-state index in [1.54, 1.807) is 19.4 Å². The van der Waals surface area contributed by atoms with Crippen LogP contribution in [0.2, 0.25) is 0 Å². The van der Waals surface area contributed by atoms with E-state index in [0.717, 1.165) is 0 Å². The predicted octanol–water partition coefficient (Wildman–Crippen LogP) is -0.236. The molecule has 1 rings (SSSR count). The van der Waals surface area contributed by atoms with Crippen molar-refractivity contribution < 1.29 is 8.42 Å². The van der Waals surface area contributed by atoms with Crippen molar-refractivity contribution in [2.45, 2.75) is 0 Å². The van der Waals surface area contributed by atoms with Crippen molar-refractivity contribution in [1.82, 2.24) is 9.55 Å². The zero-order valence-electron chi connectivity index (χ0n) is 4.83. The van der Waals surface area contributed by atoms with E-state index < -0.39 is 10.3 Å². The Morgan fingerprint density at radius 1 is 1.67 bits per heavy atom. The first-order chi connectivity index (χ1) is 4.22. The molecule has 9 heavy (non-hydrogen) atoms. The number of aryl methyl sites for hydroxylation is 1. The van der Waals surface area contributed by atoms with E-state index in [1.807, 2.05) is 0 Å². The van der Waals surface area contributed by atoms with Gasteiger partial charge in [-0.25, -0.2) is 0 Å². The van der Waals surface area contributed by atoms with Crippen molar-refractivity contribution in [2.24, 2.45) is 7.05 Å².